The van der Waals surface area contributed by atoms with Gasteiger partial charge in [-0.15, -0.1) is 0 Å². The van der Waals surface area contributed by atoms with Gasteiger partial charge < -0.3 is 9.47 Å². The van der Waals surface area contributed by atoms with Gasteiger partial charge in [-0.25, -0.2) is 0 Å². The number of hydrogen-bond acceptors (Lipinski definition) is 4. The van der Waals surface area contributed by atoms with E-state index in [9.17, 15) is 0 Å². The lowest BCUT2D eigenvalue weighted by atomic mass is 9.92. The van der Waals surface area contributed by atoms with Crippen molar-refractivity contribution in [3.05, 3.63) is 0 Å². The van der Waals surface area contributed by atoms with Gasteiger partial charge in [0.05, 0.1) is 19.8 Å². The van der Waals surface area contributed by atoms with Crippen molar-refractivity contribution < 1.29 is 9.47 Å². The Hall–Kier alpha value is -0.160. The highest BCUT2D eigenvalue weighted by Crippen LogP contribution is 2.18. The molecule has 0 fully saturated rings. The van der Waals surface area contributed by atoms with Crippen LogP contribution in [0, 0.1) is 5.92 Å². The molecule has 0 saturated carbocycles. The maximum Gasteiger partial charge on any atom is 0.0701 e. The molecule has 17 heavy (non-hydrogen) atoms. The van der Waals surface area contributed by atoms with E-state index in [-0.39, 0.29) is 6.04 Å². The van der Waals surface area contributed by atoms with Gasteiger partial charge in [-0.3, -0.25) is 11.3 Å². The number of rotatable bonds is 12. The van der Waals surface area contributed by atoms with Crippen molar-refractivity contribution in [2.75, 3.05) is 26.9 Å². The maximum absolute atomic E-state index is 5.56. The zero-order chi connectivity index (χ0) is 12.9. The molecule has 0 aliphatic heterocycles. The lowest BCUT2D eigenvalue weighted by Crippen LogP contribution is -2.40. The van der Waals surface area contributed by atoms with Gasteiger partial charge >= 0.3 is 0 Å². The summed E-state index contributed by atoms with van der Waals surface area (Å²) >= 11 is 0. The van der Waals surface area contributed by atoms with Gasteiger partial charge in [0.15, 0.2) is 0 Å². The smallest absolute Gasteiger partial charge is 0.0701 e. The number of hydrogen-bond donors (Lipinski definition) is 2. The second-order valence-electron chi connectivity index (χ2n) is 4.58. The molecule has 0 aliphatic rings. The predicted molar refractivity (Wildman–Crippen MR) is 71.7 cm³/mol. The second-order valence-corrected chi connectivity index (χ2v) is 4.58. The monoisotopic (exact) mass is 246 g/mol. The maximum atomic E-state index is 5.56. The van der Waals surface area contributed by atoms with E-state index in [1.165, 1.54) is 25.7 Å². The summed E-state index contributed by atoms with van der Waals surface area (Å²) in [6.45, 7) is 6.44. The molecule has 0 heterocycles. The molecule has 0 aromatic carbocycles. The highest BCUT2D eigenvalue weighted by Gasteiger charge is 2.14. The average molecular weight is 246 g/mol. The summed E-state index contributed by atoms with van der Waals surface area (Å²) in [5.74, 6) is 6.31. The Morgan fingerprint density at radius 2 is 2.00 bits per heavy atom. The van der Waals surface area contributed by atoms with E-state index in [4.69, 9.17) is 15.3 Å². The molecule has 3 N–H and O–H groups in total. The lowest BCUT2D eigenvalue weighted by Gasteiger charge is -2.22. The molecule has 0 aromatic rings. The van der Waals surface area contributed by atoms with Crippen LogP contribution in [0.15, 0.2) is 0 Å². The summed E-state index contributed by atoms with van der Waals surface area (Å²) in [4.78, 5) is 0. The average Bonchev–Trinajstić information content (AvgIpc) is 2.37. The largest absolute Gasteiger partial charge is 0.382 e. The summed E-state index contributed by atoms with van der Waals surface area (Å²) in [5, 5.41) is 0. The molecular weight excluding hydrogens is 216 g/mol. The molecule has 2 atom stereocenters. The number of unbranched alkanes of at least 4 members (excludes halogenated alkanes) is 1. The van der Waals surface area contributed by atoms with Crippen molar-refractivity contribution in [2.45, 2.75) is 52.0 Å². The molecule has 0 spiro atoms. The first-order valence-electron chi connectivity index (χ1n) is 6.81. The third-order valence-corrected chi connectivity index (χ3v) is 3.15. The lowest BCUT2D eigenvalue weighted by molar-refractivity contribution is 0.0545. The molecule has 2 unspecified atom stereocenters. The van der Waals surface area contributed by atoms with Crippen molar-refractivity contribution in [3.8, 4) is 0 Å². The van der Waals surface area contributed by atoms with Gasteiger partial charge in [-0.05, 0) is 12.3 Å². The quantitative estimate of drug-likeness (QED) is 0.314. The highest BCUT2D eigenvalue weighted by atomic mass is 16.5. The van der Waals surface area contributed by atoms with E-state index in [0.717, 1.165) is 12.3 Å². The Morgan fingerprint density at radius 3 is 2.53 bits per heavy atom. The minimum absolute atomic E-state index is 0.258. The van der Waals surface area contributed by atoms with Gasteiger partial charge in [0.1, 0.15) is 0 Å². The van der Waals surface area contributed by atoms with Crippen LogP contribution in [0.1, 0.15) is 46.0 Å². The fourth-order valence-electron chi connectivity index (χ4n) is 1.94. The molecule has 4 heteroatoms. The van der Waals surface area contributed by atoms with Crippen LogP contribution in [0.25, 0.3) is 0 Å². The van der Waals surface area contributed by atoms with Crippen molar-refractivity contribution in [2.24, 2.45) is 11.8 Å². The topological polar surface area (TPSA) is 56.5 Å². The standard InChI is InChI=1S/C13H30N2O2/c1-4-6-7-12(5-2)10-13(15-14)11-17-9-8-16-3/h12-13,15H,4-11,14H2,1-3H3. The Balaban J connectivity index is 3.74. The van der Waals surface area contributed by atoms with Crippen LogP contribution < -0.4 is 11.3 Å². The Labute approximate surface area is 106 Å². The molecule has 0 aromatic heterocycles. The van der Waals surface area contributed by atoms with Gasteiger partial charge in [0, 0.05) is 13.2 Å². The van der Waals surface area contributed by atoms with Gasteiger partial charge in [-0.1, -0.05) is 39.5 Å². The van der Waals surface area contributed by atoms with Gasteiger partial charge in [0.2, 0.25) is 0 Å². The van der Waals surface area contributed by atoms with Crippen LogP contribution in [0.2, 0.25) is 0 Å². The van der Waals surface area contributed by atoms with Crippen molar-refractivity contribution >= 4 is 0 Å². The van der Waals surface area contributed by atoms with Crippen LogP contribution >= 0.6 is 0 Å². The normalized spacial score (nSPS) is 14.8. The highest BCUT2D eigenvalue weighted by molar-refractivity contribution is 4.69. The Morgan fingerprint density at radius 1 is 1.24 bits per heavy atom. The first kappa shape index (κ1) is 16.8. The van der Waals surface area contributed by atoms with Crippen LogP contribution in [0.3, 0.4) is 0 Å². The Bertz CT molecular complexity index is 156. The molecule has 0 bridgehead atoms. The molecule has 0 radical (unpaired) electrons. The van der Waals surface area contributed by atoms with Crippen molar-refractivity contribution in [3.63, 3.8) is 0 Å². The van der Waals surface area contributed by atoms with Crippen LogP contribution in [0.4, 0.5) is 0 Å². The minimum Gasteiger partial charge on any atom is -0.382 e. The molecule has 0 rings (SSSR count). The van der Waals surface area contributed by atoms with Crippen molar-refractivity contribution in [1.82, 2.24) is 5.43 Å². The van der Waals surface area contributed by atoms with E-state index >= 15 is 0 Å². The van der Waals surface area contributed by atoms with E-state index in [1.54, 1.807) is 7.11 Å². The number of nitrogens with one attached hydrogen (secondary N) is 1. The third kappa shape index (κ3) is 9.53. The van der Waals surface area contributed by atoms with Gasteiger partial charge in [0.25, 0.3) is 0 Å². The zero-order valence-corrected chi connectivity index (χ0v) is 11.7. The van der Waals surface area contributed by atoms with E-state index < -0.39 is 0 Å². The third-order valence-electron chi connectivity index (χ3n) is 3.15. The van der Waals surface area contributed by atoms with Crippen molar-refractivity contribution in [1.29, 1.82) is 0 Å². The Kier molecular flexibility index (Phi) is 12.2. The first-order chi connectivity index (χ1) is 8.28. The second kappa shape index (κ2) is 12.3. The van der Waals surface area contributed by atoms with Crippen LogP contribution in [-0.4, -0.2) is 33.0 Å². The van der Waals surface area contributed by atoms with Crippen LogP contribution in [-0.2, 0) is 9.47 Å². The molecular formula is C13H30N2O2. The predicted octanol–water partition coefficient (Wildman–Crippen LogP) is 2.09. The van der Waals surface area contributed by atoms with Crippen LogP contribution in [0.5, 0.6) is 0 Å². The summed E-state index contributed by atoms with van der Waals surface area (Å²) < 4.78 is 10.4. The summed E-state index contributed by atoms with van der Waals surface area (Å²) in [5.41, 5.74) is 2.85. The first-order valence-corrected chi connectivity index (χ1v) is 6.81. The SMILES string of the molecule is CCCCC(CC)CC(COCCOC)NN. The number of methoxy groups -OCH3 is 1. The molecule has 0 saturated heterocycles. The van der Waals surface area contributed by atoms with E-state index in [1.807, 2.05) is 0 Å². The fraction of sp³-hybridized carbons (Fsp3) is 1.00. The number of nitrogens with two attached hydrogens (primary N) is 1. The minimum atomic E-state index is 0.258. The summed E-state index contributed by atoms with van der Waals surface area (Å²) in [6, 6.07) is 0.258. The molecule has 104 valence electrons. The number of ether oxygens (including phenoxy) is 2. The van der Waals surface area contributed by atoms with Gasteiger partial charge in [-0.2, -0.15) is 0 Å². The molecule has 0 aliphatic carbocycles. The zero-order valence-electron chi connectivity index (χ0n) is 11.7. The molecule has 0 amide bonds. The van der Waals surface area contributed by atoms with E-state index in [2.05, 4.69) is 19.3 Å². The summed E-state index contributed by atoms with van der Waals surface area (Å²) in [6.07, 6.45) is 6.18. The number of hydrazine groups is 1. The summed E-state index contributed by atoms with van der Waals surface area (Å²) in [7, 11) is 1.68. The van der Waals surface area contributed by atoms with E-state index in [0.29, 0.717) is 19.8 Å². The molecule has 4 nitrogen and oxygen atoms in total. The fourth-order valence-corrected chi connectivity index (χ4v) is 1.94.